The Morgan fingerprint density at radius 2 is 1.52 bits per heavy atom. The van der Waals surface area contributed by atoms with Crippen molar-refractivity contribution in [3.8, 4) is 0 Å². The van der Waals surface area contributed by atoms with Gasteiger partial charge < -0.3 is 5.32 Å². The fraction of sp³-hybridized carbons (Fsp3) is 0.667. The first-order valence-corrected chi connectivity index (χ1v) is 11.7. The van der Waals surface area contributed by atoms with Gasteiger partial charge in [0.25, 0.3) is 0 Å². The highest BCUT2D eigenvalue weighted by atomic mass is 32.2. The fourth-order valence-electron chi connectivity index (χ4n) is 2.97. The van der Waals surface area contributed by atoms with Gasteiger partial charge in [-0.05, 0) is 35.3 Å². The molecule has 0 aliphatic heterocycles. The van der Waals surface area contributed by atoms with E-state index in [2.05, 4.69) is 46.9 Å². The number of carbonyl (C=O) groups excluding carboxylic acids is 1. The van der Waals surface area contributed by atoms with Gasteiger partial charge in [-0.15, -0.1) is 0 Å². The molecule has 154 valence electrons. The Bertz CT molecular complexity index is 699. The van der Waals surface area contributed by atoms with Crippen LogP contribution in [0.15, 0.2) is 18.2 Å². The fourth-order valence-corrected chi connectivity index (χ4v) is 3.83. The van der Waals surface area contributed by atoms with Gasteiger partial charge in [0.05, 0.1) is 6.26 Å². The SMILES string of the molecule is CC(C)CCN(CCC(=O)Nc1c(C(C)C)cccc1C(C)C)S(C)(=O)=O. The van der Waals surface area contributed by atoms with Gasteiger partial charge in [0.15, 0.2) is 0 Å². The Hall–Kier alpha value is -1.40. The molecule has 1 amide bonds. The highest BCUT2D eigenvalue weighted by Gasteiger charge is 2.20. The minimum atomic E-state index is -3.32. The lowest BCUT2D eigenvalue weighted by Gasteiger charge is -2.22. The van der Waals surface area contributed by atoms with E-state index in [1.54, 1.807) is 0 Å². The number of rotatable bonds is 10. The van der Waals surface area contributed by atoms with Crippen LogP contribution in [0.3, 0.4) is 0 Å². The van der Waals surface area contributed by atoms with Crippen LogP contribution >= 0.6 is 0 Å². The van der Waals surface area contributed by atoms with Gasteiger partial charge >= 0.3 is 0 Å². The Balaban J connectivity index is 2.90. The van der Waals surface area contributed by atoms with E-state index in [4.69, 9.17) is 0 Å². The number of benzene rings is 1. The van der Waals surface area contributed by atoms with Gasteiger partial charge in [0.1, 0.15) is 0 Å². The van der Waals surface area contributed by atoms with Crippen molar-refractivity contribution in [1.82, 2.24) is 4.31 Å². The zero-order chi connectivity index (χ0) is 20.8. The molecule has 0 saturated carbocycles. The lowest BCUT2D eigenvalue weighted by Crippen LogP contribution is -2.34. The molecule has 1 rings (SSSR count). The van der Waals surface area contributed by atoms with Gasteiger partial charge in [0, 0.05) is 25.2 Å². The number of sulfonamides is 1. The number of hydrogen-bond acceptors (Lipinski definition) is 3. The van der Waals surface area contributed by atoms with Crippen LogP contribution in [-0.4, -0.2) is 38.0 Å². The molecule has 0 bridgehead atoms. The summed E-state index contributed by atoms with van der Waals surface area (Å²) in [7, 11) is -3.32. The van der Waals surface area contributed by atoms with Gasteiger partial charge in [-0.1, -0.05) is 59.7 Å². The van der Waals surface area contributed by atoms with E-state index in [-0.39, 0.29) is 30.7 Å². The lowest BCUT2D eigenvalue weighted by molar-refractivity contribution is -0.116. The molecule has 1 aromatic carbocycles. The molecule has 27 heavy (non-hydrogen) atoms. The first-order chi connectivity index (χ1) is 12.4. The molecular weight excluding hydrogens is 360 g/mol. The normalized spacial score (nSPS) is 12.4. The van der Waals surface area contributed by atoms with E-state index < -0.39 is 10.0 Å². The molecule has 0 saturated heterocycles. The molecule has 0 fully saturated rings. The van der Waals surface area contributed by atoms with Gasteiger partial charge in [-0.3, -0.25) is 4.79 Å². The highest BCUT2D eigenvalue weighted by Crippen LogP contribution is 2.32. The van der Waals surface area contributed by atoms with E-state index >= 15 is 0 Å². The van der Waals surface area contributed by atoms with Crippen LogP contribution in [0.5, 0.6) is 0 Å². The summed E-state index contributed by atoms with van der Waals surface area (Å²) in [6.45, 7) is 13.2. The average molecular weight is 397 g/mol. The zero-order valence-corrected chi connectivity index (χ0v) is 18.7. The van der Waals surface area contributed by atoms with Crippen LogP contribution in [0.4, 0.5) is 5.69 Å². The molecule has 6 heteroatoms. The predicted octanol–water partition coefficient (Wildman–Crippen LogP) is 4.57. The largest absolute Gasteiger partial charge is 0.326 e. The number of hydrogen-bond donors (Lipinski definition) is 1. The summed E-state index contributed by atoms with van der Waals surface area (Å²) in [4.78, 5) is 12.6. The number of nitrogens with zero attached hydrogens (tertiary/aromatic N) is 1. The lowest BCUT2D eigenvalue weighted by atomic mass is 9.92. The molecular formula is C21H36N2O3S. The van der Waals surface area contributed by atoms with Crippen LogP contribution < -0.4 is 5.32 Å². The molecule has 0 atom stereocenters. The van der Waals surface area contributed by atoms with Gasteiger partial charge in [-0.2, -0.15) is 0 Å². The molecule has 0 heterocycles. The molecule has 0 radical (unpaired) electrons. The second-order valence-electron chi connectivity index (χ2n) is 8.26. The number of para-hydroxylation sites is 1. The predicted molar refractivity (Wildman–Crippen MR) is 114 cm³/mol. The van der Waals surface area contributed by atoms with Crippen molar-refractivity contribution in [2.75, 3.05) is 24.7 Å². The molecule has 0 aromatic heterocycles. The number of carbonyl (C=O) groups is 1. The summed E-state index contributed by atoms with van der Waals surface area (Å²) in [5, 5.41) is 3.05. The summed E-state index contributed by atoms with van der Waals surface area (Å²) in [5.41, 5.74) is 3.09. The van der Waals surface area contributed by atoms with Crippen LogP contribution in [-0.2, 0) is 14.8 Å². The maximum Gasteiger partial charge on any atom is 0.225 e. The van der Waals surface area contributed by atoms with E-state index in [9.17, 15) is 13.2 Å². The Morgan fingerprint density at radius 3 is 1.93 bits per heavy atom. The standard InChI is InChI=1S/C21H36N2O3S/c1-15(2)11-13-23(27(7,25)26)14-12-20(24)22-21-18(16(3)4)9-8-10-19(21)17(5)6/h8-10,15-17H,11-14H2,1-7H3,(H,22,24). The smallest absolute Gasteiger partial charge is 0.225 e. The molecule has 0 spiro atoms. The van der Waals surface area contributed by atoms with Crippen molar-refractivity contribution >= 4 is 21.6 Å². The van der Waals surface area contributed by atoms with E-state index in [0.29, 0.717) is 12.5 Å². The quantitative estimate of drug-likeness (QED) is 0.630. The van der Waals surface area contributed by atoms with Gasteiger partial charge in [0.2, 0.25) is 15.9 Å². The first kappa shape index (κ1) is 23.6. The maximum absolute atomic E-state index is 12.6. The van der Waals surface area contributed by atoms with Gasteiger partial charge in [-0.25, -0.2) is 12.7 Å². The molecule has 0 aliphatic rings. The minimum absolute atomic E-state index is 0.148. The Labute approximate surface area is 165 Å². The highest BCUT2D eigenvalue weighted by molar-refractivity contribution is 7.88. The van der Waals surface area contributed by atoms with Crippen molar-refractivity contribution in [3.63, 3.8) is 0 Å². The molecule has 1 aromatic rings. The monoisotopic (exact) mass is 396 g/mol. The summed E-state index contributed by atoms with van der Waals surface area (Å²) in [5.74, 6) is 0.841. The molecule has 0 aliphatic carbocycles. The van der Waals surface area contributed by atoms with Crippen molar-refractivity contribution < 1.29 is 13.2 Å². The van der Waals surface area contributed by atoms with Crippen molar-refractivity contribution in [3.05, 3.63) is 29.3 Å². The van der Waals surface area contributed by atoms with E-state index in [1.807, 2.05) is 18.2 Å². The topological polar surface area (TPSA) is 66.5 Å². The second kappa shape index (κ2) is 10.2. The number of nitrogens with one attached hydrogen (secondary N) is 1. The molecule has 0 unspecified atom stereocenters. The molecule has 5 nitrogen and oxygen atoms in total. The minimum Gasteiger partial charge on any atom is -0.326 e. The average Bonchev–Trinajstić information content (AvgIpc) is 2.52. The first-order valence-electron chi connectivity index (χ1n) is 9.81. The summed E-state index contributed by atoms with van der Waals surface area (Å²) >= 11 is 0. The van der Waals surface area contributed by atoms with E-state index in [1.165, 1.54) is 10.6 Å². The summed E-state index contributed by atoms with van der Waals surface area (Å²) < 4.78 is 25.4. The van der Waals surface area contributed by atoms with Crippen LogP contribution in [0.1, 0.15) is 77.3 Å². The Kier molecular flexibility index (Phi) is 8.95. The van der Waals surface area contributed by atoms with Crippen molar-refractivity contribution in [2.45, 2.75) is 66.2 Å². The zero-order valence-electron chi connectivity index (χ0n) is 17.9. The van der Waals surface area contributed by atoms with Crippen LogP contribution in [0.25, 0.3) is 0 Å². The van der Waals surface area contributed by atoms with E-state index in [0.717, 1.165) is 23.2 Å². The summed E-state index contributed by atoms with van der Waals surface area (Å²) in [6.07, 6.45) is 2.13. The third-order valence-electron chi connectivity index (χ3n) is 4.65. The third-order valence-corrected chi connectivity index (χ3v) is 5.95. The molecule has 1 N–H and O–H groups in total. The van der Waals surface area contributed by atoms with Crippen molar-refractivity contribution in [2.24, 2.45) is 5.92 Å². The third kappa shape index (κ3) is 7.62. The number of amides is 1. The number of anilines is 1. The summed E-state index contributed by atoms with van der Waals surface area (Å²) in [6, 6.07) is 6.10. The second-order valence-corrected chi connectivity index (χ2v) is 10.2. The van der Waals surface area contributed by atoms with Crippen LogP contribution in [0, 0.1) is 5.92 Å². The van der Waals surface area contributed by atoms with Crippen molar-refractivity contribution in [1.29, 1.82) is 0 Å². The Morgan fingerprint density at radius 1 is 1.00 bits per heavy atom. The van der Waals surface area contributed by atoms with Crippen LogP contribution in [0.2, 0.25) is 0 Å². The maximum atomic E-state index is 12.6.